The number of pyridine rings is 1. The van der Waals surface area contributed by atoms with Crippen molar-refractivity contribution in [2.75, 3.05) is 18.5 Å². The van der Waals surface area contributed by atoms with Crippen LogP contribution in [0.25, 0.3) is 0 Å². The van der Waals surface area contributed by atoms with Gasteiger partial charge in [-0.3, -0.25) is 0 Å². The summed E-state index contributed by atoms with van der Waals surface area (Å²) in [5, 5.41) is 12.1. The number of anilines is 1. The number of carboxylic acid groups (broad SMARTS) is 1. The topological polar surface area (TPSA) is 71.5 Å². The molecule has 0 aromatic carbocycles. The molecule has 18 heavy (non-hydrogen) atoms. The van der Waals surface area contributed by atoms with E-state index in [1.54, 1.807) is 13.0 Å². The summed E-state index contributed by atoms with van der Waals surface area (Å²) in [5.74, 6) is -0.396. The number of aromatic carboxylic acids is 1. The van der Waals surface area contributed by atoms with Gasteiger partial charge in [-0.25, -0.2) is 9.78 Å². The second-order valence-corrected chi connectivity index (χ2v) is 4.73. The third-order valence-corrected chi connectivity index (χ3v) is 2.43. The van der Waals surface area contributed by atoms with Gasteiger partial charge in [-0.1, -0.05) is 0 Å². The van der Waals surface area contributed by atoms with Gasteiger partial charge in [-0.05, 0) is 39.8 Å². The largest absolute Gasteiger partial charge is 0.478 e. The monoisotopic (exact) mass is 252 g/mol. The number of aromatic nitrogens is 1. The highest BCUT2D eigenvalue weighted by molar-refractivity contribution is 5.88. The molecule has 0 aliphatic heterocycles. The Morgan fingerprint density at radius 1 is 1.50 bits per heavy atom. The zero-order valence-electron chi connectivity index (χ0n) is 11.3. The van der Waals surface area contributed by atoms with Crippen LogP contribution in [-0.2, 0) is 4.74 Å². The Labute approximate surface area is 107 Å². The van der Waals surface area contributed by atoms with Crippen LogP contribution < -0.4 is 5.32 Å². The average Bonchev–Trinajstić information content (AvgIpc) is 2.26. The quantitative estimate of drug-likeness (QED) is 0.813. The molecule has 0 saturated carbocycles. The van der Waals surface area contributed by atoms with Crippen molar-refractivity contribution in [3.63, 3.8) is 0 Å². The van der Waals surface area contributed by atoms with Gasteiger partial charge >= 0.3 is 5.97 Å². The molecule has 1 heterocycles. The Balaban J connectivity index is 2.76. The average molecular weight is 252 g/mol. The van der Waals surface area contributed by atoms with Gasteiger partial charge in [0.15, 0.2) is 0 Å². The number of hydrogen-bond acceptors (Lipinski definition) is 4. The molecule has 5 nitrogen and oxygen atoms in total. The van der Waals surface area contributed by atoms with E-state index >= 15 is 0 Å². The molecule has 1 rings (SSSR count). The first-order chi connectivity index (χ1) is 8.34. The van der Waals surface area contributed by atoms with Crippen LogP contribution in [0.3, 0.4) is 0 Å². The van der Waals surface area contributed by atoms with E-state index in [0.717, 1.165) is 0 Å². The molecular formula is C13H20N2O3. The molecule has 0 unspecified atom stereocenters. The number of hydrogen-bond donors (Lipinski definition) is 2. The van der Waals surface area contributed by atoms with Crippen molar-refractivity contribution < 1.29 is 14.6 Å². The van der Waals surface area contributed by atoms with Crippen molar-refractivity contribution in [2.24, 2.45) is 0 Å². The predicted molar refractivity (Wildman–Crippen MR) is 70.1 cm³/mol. The Morgan fingerprint density at radius 2 is 2.17 bits per heavy atom. The lowest BCUT2D eigenvalue weighted by atomic mass is 10.1. The zero-order valence-corrected chi connectivity index (χ0v) is 11.3. The van der Waals surface area contributed by atoms with E-state index in [9.17, 15) is 4.79 Å². The van der Waals surface area contributed by atoms with Gasteiger partial charge in [0.2, 0.25) is 0 Å². The van der Waals surface area contributed by atoms with Crippen molar-refractivity contribution in [3.8, 4) is 0 Å². The minimum Gasteiger partial charge on any atom is -0.478 e. The summed E-state index contributed by atoms with van der Waals surface area (Å²) in [5.41, 5.74) is 0.592. The minimum absolute atomic E-state index is 0.235. The molecule has 100 valence electrons. The highest BCUT2D eigenvalue weighted by atomic mass is 16.5. The molecule has 0 fully saturated rings. The van der Waals surface area contributed by atoms with Gasteiger partial charge in [0.05, 0.1) is 11.2 Å². The lowest BCUT2D eigenvalue weighted by Gasteiger charge is -2.25. The van der Waals surface area contributed by atoms with Gasteiger partial charge in [-0.2, -0.15) is 0 Å². The summed E-state index contributed by atoms with van der Waals surface area (Å²) in [6.45, 7) is 8.85. The number of carboxylic acids is 1. The Morgan fingerprint density at radius 3 is 2.72 bits per heavy atom. The maximum absolute atomic E-state index is 10.9. The molecule has 0 atom stereocenters. The van der Waals surface area contributed by atoms with Crippen molar-refractivity contribution in [3.05, 3.63) is 23.4 Å². The van der Waals surface area contributed by atoms with Crippen LogP contribution in [0.4, 0.5) is 5.82 Å². The third-order valence-electron chi connectivity index (χ3n) is 2.43. The summed E-state index contributed by atoms with van der Waals surface area (Å²) >= 11 is 0. The molecule has 1 aromatic heterocycles. The van der Waals surface area contributed by atoms with Gasteiger partial charge in [0, 0.05) is 18.8 Å². The minimum atomic E-state index is -0.951. The summed E-state index contributed by atoms with van der Waals surface area (Å²) in [6, 6.07) is 3.07. The lowest BCUT2D eigenvalue weighted by molar-refractivity contribution is 0.000639. The van der Waals surface area contributed by atoms with E-state index in [1.165, 1.54) is 6.07 Å². The predicted octanol–water partition coefficient (Wildman–Crippen LogP) is 2.32. The highest BCUT2D eigenvalue weighted by Gasteiger charge is 2.17. The highest BCUT2D eigenvalue weighted by Crippen LogP contribution is 2.14. The molecule has 0 aliphatic carbocycles. The molecule has 0 amide bonds. The molecule has 2 N–H and O–H groups in total. The summed E-state index contributed by atoms with van der Waals surface area (Å²) in [7, 11) is 0. The van der Waals surface area contributed by atoms with Crippen LogP contribution in [-0.4, -0.2) is 34.8 Å². The fourth-order valence-corrected chi connectivity index (χ4v) is 1.63. The zero-order chi connectivity index (χ0) is 13.8. The standard InChI is InChI=1S/C13H20N2O3/c1-5-18-13(3,4)8-14-11-7-10(12(16)17)6-9(2)15-11/h6-7H,5,8H2,1-4H3,(H,14,15)(H,16,17). The first-order valence-electron chi connectivity index (χ1n) is 5.94. The molecular weight excluding hydrogens is 232 g/mol. The van der Waals surface area contributed by atoms with Crippen LogP contribution in [0.5, 0.6) is 0 Å². The first kappa shape index (κ1) is 14.4. The first-order valence-corrected chi connectivity index (χ1v) is 5.94. The van der Waals surface area contributed by atoms with Crippen molar-refractivity contribution in [1.82, 2.24) is 4.98 Å². The number of ether oxygens (including phenoxy) is 1. The van der Waals surface area contributed by atoms with E-state index in [4.69, 9.17) is 9.84 Å². The Kier molecular flexibility index (Phi) is 4.67. The molecule has 0 bridgehead atoms. The molecule has 1 aromatic rings. The van der Waals surface area contributed by atoms with E-state index in [1.807, 2.05) is 20.8 Å². The third kappa shape index (κ3) is 4.33. The van der Waals surface area contributed by atoms with E-state index in [0.29, 0.717) is 24.7 Å². The van der Waals surface area contributed by atoms with Crippen molar-refractivity contribution in [2.45, 2.75) is 33.3 Å². The van der Waals surface area contributed by atoms with Gasteiger partial charge < -0.3 is 15.2 Å². The maximum Gasteiger partial charge on any atom is 0.335 e. The fraction of sp³-hybridized carbons (Fsp3) is 0.538. The summed E-state index contributed by atoms with van der Waals surface area (Å²) < 4.78 is 5.55. The van der Waals surface area contributed by atoms with Crippen LogP contribution >= 0.6 is 0 Å². The smallest absolute Gasteiger partial charge is 0.335 e. The molecule has 0 spiro atoms. The summed E-state index contributed by atoms with van der Waals surface area (Å²) in [6.07, 6.45) is 0. The Bertz CT molecular complexity index is 430. The Hall–Kier alpha value is -1.62. The number of nitrogens with zero attached hydrogens (tertiary/aromatic N) is 1. The fourth-order valence-electron chi connectivity index (χ4n) is 1.63. The van der Waals surface area contributed by atoms with Gasteiger partial charge in [0.1, 0.15) is 5.82 Å². The molecule has 0 aliphatic rings. The number of rotatable bonds is 6. The number of carbonyl (C=O) groups is 1. The van der Waals surface area contributed by atoms with E-state index in [2.05, 4.69) is 10.3 Å². The van der Waals surface area contributed by atoms with Crippen LogP contribution in [0.15, 0.2) is 12.1 Å². The molecule has 0 radical (unpaired) electrons. The second kappa shape index (κ2) is 5.82. The second-order valence-electron chi connectivity index (χ2n) is 4.73. The lowest BCUT2D eigenvalue weighted by Crippen LogP contribution is -2.33. The van der Waals surface area contributed by atoms with E-state index < -0.39 is 5.97 Å². The van der Waals surface area contributed by atoms with Gasteiger partial charge in [0.25, 0.3) is 0 Å². The van der Waals surface area contributed by atoms with Crippen LogP contribution in [0.1, 0.15) is 36.8 Å². The normalized spacial score (nSPS) is 11.3. The van der Waals surface area contributed by atoms with Crippen LogP contribution in [0.2, 0.25) is 0 Å². The molecule has 0 saturated heterocycles. The van der Waals surface area contributed by atoms with Crippen molar-refractivity contribution in [1.29, 1.82) is 0 Å². The van der Waals surface area contributed by atoms with Crippen LogP contribution in [0, 0.1) is 6.92 Å². The van der Waals surface area contributed by atoms with E-state index in [-0.39, 0.29) is 11.2 Å². The SMILES string of the molecule is CCOC(C)(C)CNc1cc(C(=O)O)cc(C)n1. The number of nitrogens with one attached hydrogen (secondary N) is 1. The van der Waals surface area contributed by atoms with Crippen molar-refractivity contribution >= 4 is 11.8 Å². The van der Waals surface area contributed by atoms with Gasteiger partial charge in [-0.15, -0.1) is 0 Å². The summed E-state index contributed by atoms with van der Waals surface area (Å²) in [4.78, 5) is 15.2. The number of aryl methyl sites for hydroxylation is 1. The molecule has 5 heteroatoms. The maximum atomic E-state index is 10.9.